The molecule has 0 radical (unpaired) electrons. The van der Waals surface area contributed by atoms with Crippen LogP contribution in [0.3, 0.4) is 0 Å². The quantitative estimate of drug-likeness (QED) is 0.189. The van der Waals surface area contributed by atoms with Gasteiger partial charge in [0, 0.05) is 11.1 Å². The Kier molecular flexibility index (Phi) is 9.65. The van der Waals surface area contributed by atoms with Crippen LogP contribution in [0.2, 0.25) is 0 Å². The smallest absolute Gasteiger partial charge is 0.229 e. The third-order valence-electron chi connectivity index (χ3n) is 4.05. The molecule has 2 N–H and O–H groups in total. The average molecular weight is 467 g/mol. The molecule has 2 aromatic rings. The highest BCUT2D eigenvalue weighted by Gasteiger charge is 2.19. The van der Waals surface area contributed by atoms with E-state index < -0.39 is 11.2 Å². The van der Waals surface area contributed by atoms with Crippen LogP contribution in [0, 0.1) is 0 Å². The third kappa shape index (κ3) is 9.64. The molecule has 0 aromatic heterocycles. The first-order valence-electron chi connectivity index (χ1n) is 11.1. The van der Waals surface area contributed by atoms with Gasteiger partial charge in [-0.15, -0.1) is 0 Å². The fourth-order valence-corrected chi connectivity index (χ4v) is 2.48. The number of rotatable bonds is 9. The van der Waals surface area contributed by atoms with E-state index in [1.54, 1.807) is 48.5 Å². The van der Waals surface area contributed by atoms with Gasteiger partial charge < -0.3 is 0 Å². The number of carbonyl (C=O) groups is 2. The topological polar surface area (TPSA) is 101 Å². The molecule has 0 heterocycles. The SMILES string of the molecule is CC(C)(C)ONC(=NCCN=C(NOC(C)(C)C)C(=O)c1ccccc1)C(=O)c1ccccc1. The van der Waals surface area contributed by atoms with E-state index >= 15 is 0 Å². The number of hydrogen-bond donors (Lipinski definition) is 2. The van der Waals surface area contributed by atoms with Crippen molar-refractivity contribution in [3.63, 3.8) is 0 Å². The number of hydrogen-bond acceptors (Lipinski definition) is 6. The zero-order valence-corrected chi connectivity index (χ0v) is 20.7. The number of hydroxylamine groups is 2. The molecule has 34 heavy (non-hydrogen) atoms. The highest BCUT2D eigenvalue weighted by atomic mass is 16.7. The van der Waals surface area contributed by atoms with Crippen LogP contribution in [0.25, 0.3) is 0 Å². The van der Waals surface area contributed by atoms with E-state index in [1.165, 1.54) is 0 Å². The van der Waals surface area contributed by atoms with Crippen LogP contribution in [-0.4, -0.2) is 47.5 Å². The molecule has 0 saturated heterocycles. The Labute approximate surface area is 201 Å². The monoisotopic (exact) mass is 466 g/mol. The van der Waals surface area contributed by atoms with Crippen molar-refractivity contribution in [2.45, 2.75) is 52.7 Å². The first kappa shape index (κ1) is 26.9. The number of benzene rings is 2. The second kappa shape index (κ2) is 12.2. The molecule has 0 unspecified atom stereocenters. The minimum Gasteiger partial charge on any atom is -0.285 e. The normalized spacial score (nSPS) is 12.9. The van der Waals surface area contributed by atoms with Gasteiger partial charge in [0.2, 0.25) is 11.6 Å². The van der Waals surface area contributed by atoms with E-state index in [0.717, 1.165) is 0 Å². The minimum atomic E-state index is -0.528. The lowest BCUT2D eigenvalue weighted by atomic mass is 10.1. The second-order valence-electron chi connectivity index (χ2n) is 9.48. The number of Topliss-reactive ketones (excluding diaryl/α,β-unsaturated/α-hetero) is 2. The predicted molar refractivity (Wildman–Crippen MR) is 134 cm³/mol. The highest BCUT2D eigenvalue weighted by molar-refractivity contribution is 6.45. The van der Waals surface area contributed by atoms with Gasteiger partial charge in [-0.2, -0.15) is 0 Å². The third-order valence-corrected chi connectivity index (χ3v) is 4.05. The lowest BCUT2D eigenvalue weighted by molar-refractivity contribution is -0.0428. The summed E-state index contributed by atoms with van der Waals surface area (Å²) in [5.74, 6) is -0.482. The van der Waals surface area contributed by atoms with E-state index in [2.05, 4.69) is 20.9 Å². The molecule has 2 aromatic carbocycles. The summed E-state index contributed by atoms with van der Waals surface area (Å²) in [5, 5.41) is 0. The maximum Gasteiger partial charge on any atom is 0.229 e. The Morgan fingerprint density at radius 1 is 0.647 bits per heavy atom. The number of amidine groups is 2. The predicted octanol–water partition coefficient (Wildman–Crippen LogP) is 4.19. The Hall–Kier alpha value is -3.36. The molecule has 0 amide bonds. The number of ketones is 2. The Morgan fingerprint density at radius 2 is 0.971 bits per heavy atom. The molecule has 2 rings (SSSR count). The molecular formula is C26H34N4O4. The van der Waals surface area contributed by atoms with Gasteiger partial charge in [0.25, 0.3) is 0 Å². The van der Waals surface area contributed by atoms with Crippen molar-refractivity contribution < 1.29 is 19.3 Å². The summed E-state index contributed by atoms with van der Waals surface area (Å²) in [7, 11) is 0. The van der Waals surface area contributed by atoms with Crippen LogP contribution in [0.1, 0.15) is 62.3 Å². The first-order chi connectivity index (χ1) is 16.0. The highest BCUT2D eigenvalue weighted by Crippen LogP contribution is 2.07. The van der Waals surface area contributed by atoms with E-state index in [4.69, 9.17) is 9.68 Å². The Morgan fingerprint density at radius 3 is 1.26 bits per heavy atom. The van der Waals surface area contributed by atoms with Crippen molar-refractivity contribution in [2.24, 2.45) is 9.98 Å². The molecule has 0 saturated carbocycles. The van der Waals surface area contributed by atoms with Gasteiger partial charge in [-0.1, -0.05) is 60.7 Å². The lowest BCUT2D eigenvalue weighted by Crippen LogP contribution is -2.38. The van der Waals surface area contributed by atoms with Crippen molar-refractivity contribution in [3.8, 4) is 0 Å². The molecule has 8 nitrogen and oxygen atoms in total. The largest absolute Gasteiger partial charge is 0.285 e. The van der Waals surface area contributed by atoms with Crippen molar-refractivity contribution in [2.75, 3.05) is 13.1 Å². The number of aliphatic imine (C=N–C) groups is 2. The summed E-state index contributed by atoms with van der Waals surface area (Å²) < 4.78 is 0. The van der Waals surface area contributed by atoms with Gasteiger partial charge in [-0.25, -0.2) is 11.0 Å². The second-order valence-corrected chi connectivity index (χ2v) is 9.48. The van der Waals surface area contributed by atoms with Crippen LogP contribution in [0.4, 0.5) is 0 Å². The van der Waals surface area contributed by atoms with Gasteiger partial charge in [0.1, 0.15) is 0 Å². The van der Waals surface area contributed by atoms with Gasteiger partial charge in [0.15, 0.2) is 11.7 Å². The van der Waals surface area contributed by atoms with Crippen LogP contribution in [-0.2, 0) is 9.68 Å². The van der Waals surface area contributed by atoms with Crippen molar-refractivity contribution >= 4 is 23.2 Å². The summed E-state index contributed by atoms with van der Waals surface area (Å²) in [6, 6.07) is 17.6. The minimum absolute atomic E-state index is 0.0613. The Bertz CT molecular complexity index is 921. The van der Waals surface area contributed by atoms with Gasteiger partial charge in [0.05, 0.1) is 24.3 Å². The van der Waals surface area contributed by atoms with E-state index in [-0.39, 0.29) is 36.3 Å². The van der Waals surface area contributed by atoms with Crippen LogP contribution < -0.4 is 11.0 Å². The molecule has 0 atom stereocenters. The molecule has 0 aliphatic rings. The van der Waals surface area contributed by atoms with Gasteiger partial charge in [-0.05, 0) is 41.5 Å². The zero-order chi connectivity index (χ0) is 25.2. The molecule has 0 fully saturated rings. The van der Waals surface area contributed by atoms with Crippen LogP contribution in [0.5, 0.6) is 0 Å². The molecule has 0 bridgehead atoms. The number of carbonyl (C=O) groups excluding carboxylic acids is 2. The summed E-state index contributed by atoms with van der Waals surface area (Å²) in [5.41, 5.74) is 5.28. The van der Waals surface area contributed by atoms with Crippen molar-refractivity contribution in [1.29, 1.82) is 0 Å². The zero-order valence-electron chi connectivity index (χ0n) is 20.7. The van der Waals surface area contributed by atoms with Crippen LogP contribution in [0.15, 0.2) is 70.6 Å². The van der Waals surface area contributed by atoms with E-state index in [9.17, 15) is 9.59 Å². The van der Waals surface area contributed by atoms with Crippen molar-refractivity contribution in [1.82, 2.24) is 11.0 Å². The maximum atomic E-state index is 12.9. The van der Waals surface area contributed by atoms with E-state index in [0.29, 0.717) is 11.1 Å². The molecule has 0 spiro atoms. The van der Waals surface area contributed by atoms with Gasteiger partial charge >= 0.3 is 0 Å². The number of nitrogens with one attached hydrogen (secondary N) is 2. The standard InChI is InChI=1S/C26H34N4O4/c1-25(2,3)33-29-23(21(31)19-13-9-7-10-14-19)27-17-18-28-24(30-34-26(4,5)6)22(32)20-15-11-8-12-16-20/h7-16H,17-18H2,1-6H3,(H,27,29)(H,28,30). The van der Waals surface area contributed by atoms with Crippen LogP contribution >= 0.6 is 0 Å². The fourth-order valence-electron chi connectivity index (χ4n) is 2.48. The Balaban J connectivity index is 2.19. The maximum absolute atomic E-state index is 12.9. The summed E-state index contributed by atoms with van der Waals surface area (Å²) in [6.07, 6.45) is 0. The molecule has 0 aliphatic heterocycles. The molecular weight excluding hydrogens is 432 g/mol. The lowest BCUT2D eigenvalue weighted by Gasteiger charge is -2.20. The van der Waals surface area contributed by atoms with Gasteiger partial charge in [-0.3, -0.25) is 29.2 Å². The van der Waals surface area contributed by atoms with E-state index in [1.807, 2.05) is 53.7 Å². The summed E-state index contributed by atoms with van der Waals surface area (Å²) in [6.45, 7) is 11.5. The first-order valence-corrected chi connectivity index (χ1v) is 11.1. The van der Waals surface area contributed by atoms with Crippen molar-refractivity contribution in [3.05, 3.63) is 71.8 Å². The molecule has 8 heteroatoms. The average Bonchev–Trinajstić information content (AvgIpc) is 2.79. The molecule has 0 aliphatic carbocycles. The number of nitrogens with zero attached hydrogens (tertiary/aromatic N) is 2. The molecule has 182 valence electrons. The summed E-state index contributed by atoms with van der Waals surface area (Å²) >= 11 is 0. The fraction of sp³-hybridized carbons (Fsp3) is 0.385. The summed E-state index contributed by atoms with van der Waals surface area (Å²) in [4.78, 5) is 45.6.